The van der Waals surface area contributed by atoms with E-state index in [0.717, 1.165) is 57.6 Å². The molecule has 2 rings (SSSR count). The lowest BCUT2D eigenvalue weighted by Crippen LogP contribution is -2.46. The van der Waals surface area contributed by atoms with E-state index in [9.17, 15) is 8.42 Å². The highest BCUT2D eigenvalue weighted by molar-refractivity contribution is 7.90. The number of benzene rings is 1. The van der Waals surface area contributed by atoms with Gasteiger partial charge in [0.15, 0.2) is 0 Å². The molecule has 1 aromatic rings. The van der Waals surface area contributed by atoms with Gasteiger partial charge >= 0.3 is 0 Å². The van der Waals surface area contributed by atoms with E-state index in [0.29, 0.717) is 5.92 Å². The summed E-state index contributed by atoms with van der Waals surface area (Å²) in [5.41, 5.74) is 1.23. The van der Waals surface area contributed by atoms with E-state index in [-0.39, 0.29) is 6.04 Å². The lowest BCUT2D eigenvalue weighted by atomic mass is 9.86. The van der Waals surface area contributed by atoms with Crippen LogP contribution >= 0.6 is 0 Å². The van der Waals surface area contributed by atoms with Crippen LogP contribution in [0, 0.1) is 5.92 Å². The minimum absolute atomic E-state index is 0.0814. The Morgan fingerprint density at radius 1 is 1.15 bits per heavy atom. The molecule has 1 fully saturated rings. The molecule has 1 aliphatic rings. The average Bonchev–Trinajstić information content (AvgIpc) is 2.60. The smallest absolute Gasteiger partial charge is 0.216 e. The Labute approximate surface area is 165 Å². The number of nitrogens with one attached hydrogen (secondary N) is 2. The maximum absolute atomic E-state index is 12.3. The maximum Gasteiger partial charge on any atom is 0.216 e. The summed E-state index contributed by atoms with van der Waals surface area (Å²) in [4.78, 5) is 0. The van der Waals surface area contributed by atoms with E-state index in [1.165, 1.54) is 5.56 Å². The molecular weight excluding hydrogens is 360 g/mol. The molecule has 0 bridgehead atoms. The molecule has 1 aromatic carbocycles. The zero-order valence-corrected chi connectivity index (χ0v) is 18.1. The molecule has 2 N–H and O–H groups in total. The van der Waals surface area contributed by atoms with Gasteiger partial charge in [0.1, 0.15) is 5.75 Å². The van der Waals surface area contributed by atoms with Gasteiger partial charge in [0.05, 0.1) is 11.4 Å². The highest BCUT2D eigenvalue weighted by atomic mass is 32.2. The second-order valence-corrected chi connectivity index (χ2v) is 11.0. The first-order valence-electron chi connectivity index (χ1n) is 10.2. The summed E-state index contributed by atoms with van der Waals surface area (Å²) >= 11 is 0. The van der Waals surface area contributed by atoms with Gasteiger partial charge in [-0.25, -0.2) is 13.1 Å². The molecule has 27 heavy (non-hydrogen) atoms. The first-order valence-corrected chi connectivity index (χ1v) is 11.6. The van der Waals surface area contributed by atoms with E-state index in [1.54, 1.807) is 20.8 Å². The highest BCUT2D eigenvalue weighted by Crippen LogP contribution is 2.26. The molecule has 154 valence electrons. The second-order valence-electron chi connectivity index (χ2n) is 8.58. The monoisotopic (exact) mass is 396 g/mol. The minimum Gasteiger partial charge on any atom is -0.494 e. The minimum atomic E-state index is -3.26. The van der Waals surface area contributed by atoms with Gasteiger partial charge in [-0.1, -0.05) is 19.1 Å². The summed E-state index contributed by atoms with van der Waals surface area (Å²) in [5.74, 6) is 1.54. The molecular formula is C21H36N2O3S. The Morgan fingerprint density at radius 3 is 2.48 bits per heavy atom. The predicted octanol–water partition coefficient (Wildman–Crippen LogP) is 3.84. The first kappa shape index (κ1) is 22.2. The molecule has 0 unspecified atom stereocenters. The summed E-state index contributed by atoms with van der Waals surface area (Å²) in [7, 11) is -3.26. The Bertz CT molecular complexity index is 675. The van der Waals surface area contributed by atoms with Gasteiger partial charge in [0.2, 0.25) is 10.0 Å². The van der Waals surface area contributed by atoms with Crippen molar-refractivity contribution in [3.05, 3.63) is 29.8 Å². The van der Waals surface area contributed by atoms with Crippen LogP contribution in [0.1, 0.15) is 65.4 Å². The topological polar surface area (TPSA) is 67.4 Å². The van der Waals surface area contributed by atoms with E-state index < -0.39 is 14.8 Å². The summed E-state index contributed by atoms with van der Waals surface area (Å²) in [6.45, 7) is 9.89. The summed E-state index contributed by atoms with van der Waals surface area (Å²) in [6, 6.07) is 8.33. The van der Waals surface area contributed by atoms with Crippen molar-refractivity contribution >= 4 is 10.0 Å². The number of rotatable bonds is 9. The van der Waals surface area contributed by atoms with Crippen molar-refractivity contribution < 1.29 is 13.2 Å². The van der Waals surface area contributed by atoms with Gasteiger partial charge in [-0.3, -0.25) is 0 Å². The van der Waals surface area contributed by atoms with Gasteiger partial charge in [-0.2, -0.15) is 0 Å². The van der Waals surface area contributed by atoms with Crippen molar-refractivity contribution in [1.82, 2.24) is 10.0 Å². The Hall–Kier alpha value is -1.11. The summed E-state index contributed by atoms with van der Waals surface area (Å²) in [5, 5.41) is 3.55. The van der Waals surface area contributed by atoms with Crippen LogP contribution in [0.2, 0.25) is 0 Å². The van der Waals surface area contributed by atoms with Gasteiger partial charge in [0, 0.05) is 12.6 Å². The van der Waals surface area contributed by atoms with Gasteiger partial charge in [-0.15, -0.1) is 0 Å². The van der Waals surface area contributed by atoms with Crippen molar-refractivity contribution in [2.45, 2.75) is 77.1 Å². The number of sulfonamides is 1. The molecule has 1 saturated carbocycles. The third-order valence-electron chi connectivity index (χ3n) is 5.11. The van der Waals surface area contributed by atoms with Gasteiger partial charge < -0.3 is 10.1 Å². The number of hydrogen-bond acceptors (Lipinski definition) is 4. The number of ether oxygens (including phenoxy) is 1. The predicted molar refractivity (Wildman–Crippen MR) is 111 cm³/mol. The zero-order chi connectivity index (χ0) is 19.9. The zero-order valence-electron chi connectivity index (χ0n) is 17.3. The van der Waals surface area contributed by atoms with Crippen LogP contribution in [0.5, 0.6) is 5.75 Å². The molecule has 0 aliphatic heterocycles. The SMILES string of the molecule is CCCOc1cccc(CNCC2CCC(NS(=O)(=O)C(C)(C)C)CC2)c1. The normalized spacial score (nSPS) is 21.2. The van der Waals surface area contributed by atoms with Gasteiger partial charge in [-0.05, 0) is 83.0 Å². The molecule has 0 amide bonds. The average molecular weight is 397 g/mol. The van der Waals surface area contributed by atoms with Crippen LogP contribution in [0.3, 0.4) is 0 Å². The third kappa shape index (κ3) is 7.09. The van der Waals surface area contributed by atoms with Gasteiger partial charge in [0.25, 0.3) is 0 Å². The van der Waals surface area contributed by atoms with E-state index in [1.807, 2.05) is 12.1 Å². The molecule has 0 atom stereocenters. The molecule has 1 aliphatic carbocycles. The van der Waals surface area contributed by atoms with Crippen LogP contribution in [-0.2, 0) is 16.6 Å². The lowest BCUT2D eigenvalue weighted by molar-refractivity contribution is 0.301. The van der Waals surface area contributed by atoms with Crippen molar-refractivity contribution in [2.24, 2.45) is 5.92 Å². The summed E-state index contributed by atoms with van der Waals surface area (Å²) < 4.78 is 32.4. The van der Waals surface area contributed by atoms with Crippen molar-refractivity contribution in [2.75, 3.05) is 13.2 Å². The van der Waals surface area contributed by atoms with E-state index >= 15 is 0 Å². The van der Waals surface area contributed by atoms with Crippen LogP contribution in [-0.4, -0.2) is 32.4 Å². The first-order chi connectivity index (χ1) is 12.7. The molecule has 0 spiro atoms. The van der Waals surface area contributed by atoms with Crippen LogP contribution in [0.15, 0.2) is 24.3 Å². The molecule has 6 heteroatoms. The molecule has 0 heterocycles. The Morgan fingerprint density at radius 2 is 1.85 bits per heavy atom. The number of hydrogen-bond donors (Lipinski definition) is 2. The van der Waals surface area contributed by atoms with Crippen LogP contribution in [0.25, 0.3) is 0 Å². The van der Waals surface area contributed by atoms with E-state index in [2.05, 4.69) is 29.1 Å². The third-order valence-corrected chi connectivity index (χ3v) is 7.36. The quantitative estimate of drug-likeness (QED) is 0.665. The fourth-order valence-corrected chi connectivity index (χ4v) is 4.29. The van der Waals surface area contributed by atoms with Crippen molar-refractivity contribution in [3.63, 3.8) is 0 Å². The fourth-order valence-electron chi connectivity index (χ4n) is 3.27. The largest absolute Gasteiger partial charge is 0.494 e. The second kappa shape index (κ2) is 9.89. The fraction of sp³-hybridized carbons (Fsp3) is 0.714. The van der Waals surface area contributed by atoms with Crippen LogP contribution in [0.4, 0.5) is 0 Å². The van der Waals surface area contributed by atoms with Crippen LogP contribution < -0.4 is 14.8 Å². The van der Waals surface area contributed by atoms with E-state index in [4.69, 9.17) is 4.74 Å². The maximum atomic E-state index is 12.3. The summed E-state index contributed by atoms with van der Waals surface area (Å²) in [6.07, 6.45) is 4.97. The molecule has 0 aromatic heterocycles. The molecule has 0 saturated heterocycles. The molecule has 5 nitrogen and oxygen atoms in total. The highest BCUT2D eigenvalue weighted by Gasteiger charge is 2.32. The van der Waals surface area contributed by atoms with Crippen molar-refractivity contribution in [1.29, 1.82) is 0 Å². The lowest BCUT2D eigenvalue weighted by Gasteiger charge is -2.31. The standard InChI is InChI=1S/C21H36N2O3S/c1-5-13-26-20-8-6-7-18(14-20)16-22-15-17-9-11-19(12-10-17)23-27(24,25)21(2,3)4/h6-8,14,17,19,22-23H,5,9-13,15-16H2,1-4H3. The molecule has 0 radical (unpaired) electrons. The Kier molecular flexibility index (Phi) is 8.13. The van der Waals surface area contributed by atoms with Crippen molar-refractivity contribution in [3.8, 4) is 5.75 Å². The Balaban J connectivity index is 1.71.